The third-order valence-electron chi connectivity index (χ3n) is 2.98. The molecule has 0 unspecified atom stereocenters. The predicted octanol–water partition coefficient (Wildman–Crippen LogP) is 3.93. The van der Waals surface area contributed by atoms with Gasteiger partial charge in [0.05, 0.1) is 11.6 Å². The monoisotopic (exact) mass is 322 g/mol. The van der Waals surface area contributed by atoms with Gasteiger partial charge in [0.25, 0.3) is 0 Å². The van der Waals surface area contributed by atoms with Crippen LogP contribution in [0.2, 0.25) is 5.02 Å². The second kappa shape index (κ2) is 8.39. The number of pyridine rings is 1. The molecule has 0 bridgehead atoms. The largest absolute Gasteiger partial charge is 0.383 e. The number of aromatic nitrogens is 1. The van der Waals surface area contributed by atoms with Crippen molar-refractivity contribution in [2.24, 2.45) is 0 Å². The first-order valence-corrected chi connectivity index (χ1v) is 7.97. The fourth-order valence-electron chi connectivity index (χ4n) is 1.89. The lowest BCUT2D eigenvalue weighted by atomic mass is 10.1. The van der Waals surface area contributed by atoms with Crippen molar-refractivity contribution in [3.63, 3.8) is 0 Å². The Labute approximate surface area is 135 Å². The van der Waals surface area contributed by atoms with Crippen LogP contribution >= 0.6 is 23.4 Å². The quantitative estimate of drug-likeness (QED) is 0.783. The lowest BCUT2D eigenvalue weighted by molar-refractivity contribution is 0.199. The van der Waals surface area contributed by atoms with Gasteiger partial charge in [-0.25, -0.2) is 4.98 Å². The lowest BCUT2D eigenvalue weighted by Crippen LogP contribution is -2.18. The molecule has 0 saturated carbocycles. The van der Waals surface area contributed by atoms with Gasteiger partial charge in [0.2, 0.25) is 0 Å². The molecule has 0 atom stereocenters. The Morgan fingerprint density at radius 3 is 2.90 bits per heavy atom. The molecule has 2 aromatic rings. The summed E-state index contributed by atoms with van der Waals surface area (Å²) in [5.41, 5.74) is 2.49. The first-order valence-electron chi connectivity index (χ1n) is 6.78. The number of nitrogens with one attached hydrogen (secondary N) is 1. The van der Waals surface area contributed by atoms with Gasteiger partial charge in [-0.15, -0.1) is 0 Å². The second-order valence-electron chi connectivity index (χ2n) is 4.66. The Hall–Kier alpha value is -1.07. The third-order valence-corrected chi connectivity index (χ3v) is 4.60. The van der Waals surface area contributed by atoms with Crippen molar-refractivity contribution in [1.29, 1.82) is 0 Å². The van der Waals surface area contributed by atoms with Gasteiger partial charge in [-0.05, 0) is 36.2 Å². The maximum Gasteiger partial charge on any atom is 0.119 e. The molecule has 1 N–H and O–H groups in total. The molecule has 3 nitrogen and oxygen atoms in total. The Morgan fingerprint density at radius 2 is 2.19 bits per heavy atom. The van der Waals surface area contributed by atoms with Crippen molar-refractivity contribution in [3.8, 4) is 0 Å². The van der Waals surface area contributed by atoms with Crippen molar-refractivity contribution < 1.29 is 4.74 Å². The number of halogens is 1. The van der Waals surface area contributed by atoms with E-state index in [4.69, 9.17) is 16.3 Å². The molecule has 2 rings (SSSR count). The molecule has 0 radical (unpaired) electrons. The topological polar surface area (TPSA) is 34.1 Å². The van der Waals surface area contributed by atoms with Crippen molar-refractivity contribution in [2.45, 2.75) is 23.4 Å². The van der Waals surface area contributed by atoms with Crippen molar-refractivity contribution in [1.82, 2.24) is 10.3 Å². The van der Waals surface area contributed by atoms with Crippen LogP contribution in [0, 0.1) is 6.92 Å². The average Bonchev–Trinajstić information content (AvgIpc) is 2.48. The molecular formula is C16H19ClN2OS. The Morgan fingerprint density at radius 1 is 1.33 bits per heavy atom. The Balaban J connectivity index is 2.01. The number of hydrogen-bond acceptors (Lipinski definition) is 4. The zero-order valence-corrected chi connectivity index (χ0v) is 13.8. The summed E-state index contributed by atoms with van der Waals surface area (Å²) in [7, 11) is 1.71. The molecule has 0 saturated heterocycles. The van der Waals surface area contributed by atoms with Crippen LogP contribution in [0.5, 0.6) is 0 Å². The Bertz CT molecular complexity index is 592. The van der Waals surface area contributed by atoms with Crippen LogP contribution in [0.4, 0.5) is 0 Å². The molecule has 1 aromatic carbocycles. The van der Waals surface area contributed by atoms with Gasteiger partial charge in [0.1, 0.15) is 5.03 Å². The fraction of sp³-hybridized carbons (Fsp3) is 0.312. The van der Waals surface area contributed by atoms with Gasteiger partial charge in [-0.2, -0.15) is 0 Å². The summed E-state index contributed by atoms with van der Waals surface area (Å²) in [5.74, 6) is 0. The van der Waals surface area contributed by atoms with E-state index in [1.54, 1.807) is 25.1 Å². The van der Waals surface area contributed by atoms with Crippen LogP contribution in [-0.4, -0.2) is 25.2 Å². The molecule has 0 aliphatic heterocycles. The molecule has 112 valence electrons. The SMILES string of the molecule is COCCNCc1ccc(Sc2ncccc2Cl)c(C)c1. The molecule has 21 heavy (non-hydrogen) atoms. The molecule has 1 heterocycles. The highest BCUT2D eigenvalue weighted by molar-refractivity contribution is 7.99. The first kappa shape index (κ1) is 16.3. The van der Waals surface area contributed by atoms with E-state index in [9.17, 15) is 0 Å². The maximum absolute atomic E-state index is 6.15. The minimum absolute atomic E-state index is 0.687. The van der Waals surface area contributed by atoms with Crippen molar-refractivity contribution in [3.05, 3.63) is 52.7 Å². The van der Waals surface area contributed by atoms with E-state index in [1.807, 2.05) is 12.1 Å². The van der Waals surface area contributed by atoms with Gasteiger partial charge in [-0.3, -0.25) is 0 Å². The number of ether oxygens (including phenoxy) is 1. The molecule has 0 fully saturated rings. The van der Waals surface area contributed by atoms with E-state index in [0.29, 0.717) is 5.02 Å². The van der Waals surface area contributed by atoms with E-state index in [1.165, 1.54) is 16.0 Å². The van der Waals surface area contributed by atoms with Crippen LogP contribution < -0.4 is 5.32 Å². The summed E-state index contributed by atoms with van der Waals surface area (Å²) in [5, 5.41) is 4.87. The average molecular weight is 323 g/mol. The van der Waals surface area contributed by atoms with E-state index >= 15 is 0 Å². The summed E-state index contributed by atoms with van der Waals surface area (Å²) < 4.78 is 5.01. The predicted molar refractivity (Wildman–Crippen MR) is 88.1 cm³/mol. The highest BCUT2D eigenvalue weighted by atomic mass is 35.5. The lowest BCUT2D eigenvalue weighted by Gasteiger charge is -2.09. The summed E-state index contributed by atoms with van der Waals surface area (Å²) in [4.78, 5) is 5.49. The molecule has 1 aromatic heterocycles. The maximum atomic E-state index is 6.15. The number of rotatable bonds is 7. The number of methoxy groups -OCH3 is 1. The number of benzene rings is 1. The number of aryl methyl sites for hydroxylation is 1. The van der Waals surface area contributed by atoms with E-state index in [0.717, 1.165) is 24.7 Å². The molecule has 0 aliphatic carbocycles. The summed E-state index contributed by atoms with van der Waals surface area (Å²) >= 11 is 7.75. The van der Waals surface area contributed by atoms with Crippen molar-refractivity contribution >= 4 is 23.4 Å². The minimum atomic E-state index is 0.687. The van der Waals surface area contributed by atoms with Crippen LogP contribution in [0.25, 0.3) is 0 Å². The zero-order chi connectivity index (χ0) is 15.1. The fourth-order valence-corrected chi connectivity index (χ4v) is 2.97. The van der Waals surface area contributed by atoms with Gasteiger partial charge < -0.3 is 10.1 Å². The van der Waals surface area contributed by atoms with Gasteiger partial charge >= 0.3 is 0 Å². The van der Waals surface area contributed by atoms with Crippen LogP contribution in [0.15, 0.2) is 46.5 Å². The Kier molecular flexibility index (Phi) is 6.51. The first-order chi connectivity index (χ1) is 10.2. The molecule has 0 aliphatic rings. The summed E-state index contributed by atoms with van der Waals surface area (Å²) in [6.07, 6.45) is 1.76. The molecule has 0 amide bonds. The second-order valence-corrected chi connectivity index (χ2v) is 6.10. The standard InChI is InChI=1S/C16H19ClN2OS/c1-12-10-13(11-18-8-9-20-2)5-6-15(12)21-16-14(17)4-3-7-19-16/h3-7,10,18H,8-9,11H2,1-2H3. The molecular weight excluding hydrogens is 304 g/mol. The smallest absolute Gasteiger partial charge is 0.119 e. The van der Waals surface area contributed by atoms with Crippen LogP contribution in [0.3, 0.4) is 0 Å². The highest BCUT2D eigenvalue weighted by Gasteiger charge is 2.06. The van der Waals surface area contributed by atoms with Crippen LogP contribution in [0.1, 0.15) is 11.1 Å². The van der Waals surface area contributed by atoms with Gasteiger partial charge in [0.15, 0.2) is 0 Å². The number of nitrogens with zero attached hydrogens (tertiary/aromatic N) is 1. The van der Waals surface area contributed by atoms with Gasteiger partial charge in [-0.1, -0.05) is 35.5 Å². The van der Waals surface area contributed by atoms with E-state index < -0.39 is 0 Å². The van der Waals surface area contributed by atoms with Crippen molar-refractivity contribution in [2.75, 3.05) is 20.3 Å². The zero-order valence-electron chi connectivity index (χ0n) is 12.2. The summed E-state index contributed by atoms with van der Waals surface area (Å²) in [6.45, 7) is 4.54. The number of hydrogen-bond donors (Lipinski definition) is 1. The normalized spacial score (nSPS) is 10.8. The van der Waals surface area contributed by atoms with E-state index in [-0.39, 0.29) is 0 Å². The molecule has 5 heteroatoms. The van der Waals surface area contributed by atoms with Crippen LogP contribution in [-0.2, 0) is 11.3 Å². The highest BCUT2D eigenvalue weighted by Crippen LogP contribution is 2.33. The minimum Gasteiger partial charge on any atom is -0.383 e. The van der Waals surface area contributed by atoms with E-state index in [2.05, 4.69) is 35.4 Å². The van der Waals surface area contributed by atoms with Gasteiger partial charge in [0, 0.05) is 31.3 Å². The molecule has 0 spiro atoms. The third kappa shape index (κ3) is 5.00. The summed E-state index contributed by atoms with van der Waals surface area (Å²) in [6, 6.07) is 10.2.